The third-order valence-electron chi connectivity index (χ3n) is 3.80. The third kappa shape index (κ3) is 4.11. The summed E-state index contributed by atoms with van der Waals surface area (Å²) >= 11 is 1.49. The van der Waals surface area contributed by atoms with Crippen LogP contribution in [-0.4, -0.2) is 57.8 Å². The molecule has 118 valence electrons. The Morgan fingerprint density at radius 2 is 1.82 bits per heavy atom. The fourth-order valence-corrected chi connectivity index (χ4v) is 3.26. The monoisotopic (exact) mass is 319 g/mol. The van der Waals surface area contributed by atoms with Crippen LogP contribution in [0.2, 0.25) is 0 Å². The van der Waals surface area contributed by atoms with Crippen LogP contribution in [0, 0.1) is 0 Å². The highest BCUT2D eigenvalue weighted by Gasteiger charge is 2.18. The molecule has 0 radical (unpaired) electrons. The summed E-state index contributed by atoms with van der Waals surface area (Å²) in [6, 6.07) is 1.85. The lowest BCUT2D eigenvalue weighted by atomic mass is 10.2. The van der Waals surface area contributed by atoms with Gasteiger partial charge in [-0.25, -0.2) is 9.97 Å². The number of nitrogens with two attached hydrogens (primary N) is 1. The van der Waals surface area contributed by atoms with Crippen LogP contribution in [0.15, 0.2) is 18.5 Å². The number of aryl methyl sites for hydroxylation is 1. The first-order valence-electron chi connectivity index (χ1n) is 7.63. The molecule has 1 aliphatic heterocycles. The van der Waals surface area contributed by atoms with Crippen molar-refractivity contribution >= 4 is 22.4 Å². The van der Waals surface area contributed by atoms with Gasteiger partial charge in [0.1, 0.15) is 5.01 Å². The number of anilines is 2. The van der Waals surface area contributed by atoms with E-state index in [-0.39, 0.29) is 0 Å². The molecule has 2 aromatic rings. The van der Waals surface area contributed by atoms with E-state index >= 15 is 0 Å². The minimum Gasteiger partial charge on any atom is -0.374 e. The second-order valence-corrected chi connectivity index (χ2v) is 6.46. The first-order chi connectivity index (χ1) is 10.8. The Morgan fingerprint density at radius 3 is 2.50 bits per heavy atom. The van der Waals surface area contributed by atoms with Crippen molar-refractivity contribution in [3.05, 3.63) is 23.5 Å². The zero-order valence-electron chi connectivity index (χ0n) is 12.6. The molecule has 2 aromatic heterocycles. The van der Waals surface area contributed by atoms with Crippen LogP contribution < -0.4 is 10.6 Å². The fraction of sp³-hybridized carbons (Fsp3) is 0.571. The first-order valence-corrected chi connectivity index (χ1v) is 8.45. The average molecular weight is 319 g/mol. The van der Waals surface area contributed by atoms with Crippen molar-refractivity contribution in [2.75, 3.05) is 43.4 Å². The van der Waals surface area contributed by atoms with Crippen molar-refractivity contribution in [3.63, 3.8) is 0 Å². The van der Waals surface area contributed by atoms with E-state index in [1.165, 1.54) is 17.8 Å². The quantitative estimate of drug-likeness (QED) is 0.797. The van der Waals surface area contributed by atoms with Crippen molar-refractivity contribution in [2.45, 2.75) is 19.3 Å². The maximum Gasteiger partial charge on any atom is 0.225 e. The molecule has 0 unspecified atom stereocenters. The lowest BCUT2D eigenvalue weighted by molar-refractivity contribution is 0.252. The smallest absolute Gasteiger partial charge is 0.225 e. The van der Waals surface area contributed by atoms with Crippen molar-refractivity contribution in [1.29, 1.82) is 0 Å². The van der Waals surface area contributed by atoms with Gasteiger partial charge in [-0.1, -0.05) is 11.3 Å². The van der Waals surface area contributed by atoms with Gasteiger partial charge in [-0.3, -0.25) is 4.90 Å². The highest BCUT2D eigenvalue weighted by atomic mass is 32.1. The Hall–Kier alpha value is -1.80. The van der Waals surface area contributed by atoms with Crippen LogP contribution in [0.4, 0.5) is 11.1 Å². The standard InChI is InChI=1S/C14H21N7S/c15-13-19-18-12(22-13)4-1-2-7-20-8-10-21(11-9-20)14-16-5-3-6-17-14/h3,5-6H,1-2,4,7-11H2,(H2,15,19). The Balaban J connectivity index is 1.34. The summed E-state index contributed by atoms with van der Waals surface area (Å²) in [4.78, 5) is 13.4. The zero-order valence-corrected chi connectivity index (χ0v) is 13.4. The molecule has 3 heterocycles. The Labute approximate surface area is 134 Å². The Kier molecular flexibility index (Phi) is 5.12. The van der Waals surface area contributed by atoms with E-state index in [1.807, 2.05) is 6.07 Å². The molecule has 0 saturated carbocycles. The van der Waals surface area contributed by atoms with Crippen LogP contribution in [-0.2, 0) is 6.42 Å². The van der Waals surface area contributed by atoms with Gasteiger partial charge in [0.25, 0.3) is 0 Å². The summed E-state index contributed by atoms with van der Waals surface area (Å²) in [5.74, 6) is 0.844. The summed E-state index contributed by atoms with van der Waals surface area (Å²) in [5, 5.41) is 9.50. The number of nitrogen functional groups attached to an aromatic ring is 1. The van der Waals surface area contributed by atoms with Gasteiger partial charge in [0.15, 0.2) is 0 Å². The Morgan fingerprint density at radius 1 is 1.05 bits per heavy atom. The molecule has 1 fully saturated rings. The number of hydrogen-bond acceptors (Lipinski definition) is 8. The second kappa shape index (κ2) is 7.46. The van der Waals surface area contributed by atoms with Crippen LogP contribution in [0.1, 0.15) is 17.8 Å². The maximum absolute atomic E-state index is 5.58. The van der Waals surface area contributed by atoms with Crippen LogP contribution in [0.25, 0.3) is 0 Å². The molecule has 8 heteroatoms. The highest BCUT2D eigenvalue weighted by Crippen LogP contribution is 2.14. The lowest BCUT2D eigenvalue weighted by Gasteiger charge is -2.34. The van der Waals surface area contributed by atoms with Crippen molar-refractivity contribution in [3.8, 4) is 0 Å². The second-order valence-electron chi connectivity index (χ2n) is 5.37. The Bertz CT molecular complexity index is 566. The summed E-state index contributed by atoms with van der Waals surface area (Å²) < 4.78 is 0. The molecular formula is C14H21N7S. The number of rotatable bonds is 6. The zero-order chi connectivity index (χ0) is 15.2. The van der Waals surface area contributed by atoms with E-state index in [9.17, 15) is 0 Å². The minimum absolute atomic E-state index is 0.564. The maximum atomic E-state index is 5.58. The van der Waals surface area contributed by atoms with Gasteiger partial charge >= 0.3 is 0 Å². The topological polar surface area (TPSA) is 84.1 Å². The van der Waals surface area contributed by atoms with E-state index in [0.717, 1.165) is 56.5 Å². The number of aromatic nitrogens is 4. The van der Waals surface area contributed by atoms with Gasteiger partial charge in [0, 0.05) is 45.0 Å². The molecule has 3 rings (SSSR count). The van der Waals surface area contributed by atoms with Crippen LogP contribution in [0.3, 0.4) is 0 Å². The predicted octanol–water partition coefficient (Wildman–Crippen LogP) is 1.06. The number of piperazine rings is 1. The van der Waals surface area contributed by atoms with Gasteiger partial charge < -0.3 is 10.6 Å². The number of unbranched alkanes of at least 4 members (excludes halogenated alkanes) is 1. The summed E-state index contributed by atoms with van der Waals surface area (Å²) in [7, 11) is 0. The van der Waals surface area contributed by atoms with E-state index in [0.29, 0.717) is 5.13 Å². The molecule has 0 aromatic carbocycles. The normalized spacial score (nSPS) is 16.1. The lowest BCUT2D eigenvalue weighted by Crippen LogP contribution is -2.47. The molecule has 0 spiro atoms. The fourth-order valence-electron chi connectivity index (χ4n) is 2.61. The van der Waals surface area contributed by atoms with E-state index < -0.39 is 0 Å². The molecular weight excluding hydrogens is 298 g/mol. The van der Waals surface area contributed by atoms with Crippen molar-refractivity contribution in [2.24, 2.45) is 0 Å². The van der Waals surface area contributed by atoms with Crippen LogP contribution >= 0.6 is 11.3 Å². The molecule has 0 aliphatic carbocycles. The molecule has 0 atom stereocenters. The van der Waals surface area contributed by atoms with Gasteiger partial charge in [0.05, 0.1) is 0 Å². The van der Waals surface area contributed by atoms with Gasteiger partial charge in [-0.15, -0.1) is 10.2 Å². The molecule has 1 saturated heterocycles. The molecule has 2 N–H and O–H groups in total. The van der Waals surface area contributed by atoms with Crippen LogP contribution in [0.5, 0.6) is 0 Å². The summed E-state index contributed by atoms with van der Waals surface area (Å²) in [5.41, 5.74) is 5.58. The summed E-state index contributed by atoms with van der Waals surface area (Å²) in [6.45, 7) is 5.28. The van der Waals surface area contributed by atoms with E-state index in [2.05, 4.69) is 30.0 Å². The van der Waals surface area contributed by atoms with Gasteiger partial charge in [-0.2, -0.15) is 0 Å². The first kappa shape index (κ1) is 15.1. The molecule has 22 heavy (non-hydrogen) atoms. The summed E-state index contributed by atoms with van der Waals surface area (Å²) in [6.07, 6.45) is 6.90. The van der Waals surface area contributed by atoms with E-state index in [1.54, 1.807) is 12.4 Å². The number of nitrogens with zero attached hydrogens (tertiary/aromatic N) is 6. The third-order valence-corrected chi connectivity index (χ3v) is 4.62. The van der Waals surface area contributed by atoms with Crippen molar-refractivity contribution < 1.29 is 0 Å². The average Bonchev–Trinajstić information content (AvgIpc) is 2.98. The molecule has 0 amide bonds. The molecule has 1 aliphatic rings. The highest BCUT2D eigenvalue weighted by molar-refractivity contribution is 7.15. The largest absolute Gasteiger partial charge is 0.374 e. The molecule has 7 nitrogen and oxygen atoms in total. The number of hydrogen-bond donors (Lipinski definition) is 1. The van der Waals surface area contributed by atoms with E-state index in [4.69, 9.17) is 5.73 Å². The SMILES string of the molecule is Nc1nnc(CCCCN2CCN(c3ncccn3)CC2)s1. The van der Waals surface area contributed by atoms with Gasteiger partial charge in [0.2, 0.25) is 11.1 Å². The molecule has 0 bridgehead atoms. The predicted molar refractivity (Wildman–Crippen MR) is 87.9 cm³/mol. The minimum atomic E-state index is 0.564. The van der Waals surface area contributed by atoms with Crippen molar-refractivity contribution in [1.82, 2.24) is 25.1 Å². The van der Waals surface area contributed by atoms with Gasteiger partial charge in [-0.05, 0) is 25.5 Å².